The molecule has 0 aliphatic carbocycles. The van der Waals surface area contributed by atoms with Crippen molar-refractivity contribution < 1.29 is 29.0 Å². The summed E-state index contributed by atoms with van der Waals surface area (Å²) in [6.07, 6.45) is 2.91. The Balaban J connectivity index is 0. The van der Waals surface area contributed by atoms with E-state index in [1.807, 2.05) is 13.3 Å². The van der Waals surface area contributed by atoms with Crippen LogP contribution in [0.15, 0.2) is 0 Å². The fraction of sp³-hybridized carbons (Fsp3) is 0.833. The molecule has 0 N–H and O–H groups in total. The van der Waals surface area contributed by atoms with E-state index in [0.29, 0.717) is 0 Å². The minimum atomic E-state index is -0.0382. The van der Waals surface area contributed by atoms with Gasteiger partial charge in [0, 0.05) is 39.0 Å². The molecule has 0 aromatic heterocycles. The van der Waals surface area contributed by atoms with Crippen LogP contribution in [0, 0.1) is 6.42 Å². The molecule has 2 nitrogen and oxygen atoms in total. The van der Waals surface area contributed by atoms with Crippen molar-refractivity contribution in [3.05, 3.63) is 6.42 Å². The fourth-order valence-corrected chi connectivity index (χ4v) is 0.698. The third-order valence-corrected chi connectivity index (χ3v) is 1.13. The van der Waals surface area contributed by atoms with Crippen LogP contribution in [0.1, 0.15) is 13.3 Å². The molecule has 0 bridgehead atoms. The van der Waals surface area contributed by atoms with E-state index in [0.717, 1.165) is 19.6 Å². The smallest absolute Gasteiger partial charge is 0.0485 e. The molecule has 10 heavy (non-hydrogen) atoms. The zero-order valence-corrected chi connectivity index (χ0v) is 10.9. The molecule has 0 unspecified atom stereocenters. The van der Waals surface area contributed by atoms with Crippen LogP contribution in [0.25, 0.3) is 0 Å². The molecule has 0 aromatic carbocycles. The summed E-state index contributed by atoms with van der Waals surface area (Å²) in [4.78, 5) is 0. The Bertz CT molecular complexity index is 66.8. The number of rotatable bonds is 1. The van der Waals surface area contributed by atoms with Crippen molar-refractivity contribution in [2.24, 2.45) is 0 Å². The Morgan fingerprint density at radius 2 is 1.80 bits per heavy atom. The van der Waals surface area contributed by atoms with Crippen molar-refractivity contribution in [3.63, 3.8) is 0 Å². The van der Waals surface area contributed by atoms with Gasteiger partial charge in [0.1, 0.15) is 0 Å². The Morgan fingerprint density at radius 1 is 1.30 bits per heavy atom. The van der Waals surface area contributed by atoms with Gasteiger partial charge in [-0.25, -0.2) is 0 Å². The van der Waals surface area contributed by atoms with Gasteiger partial charge in [-0.05, 0) is 6.42 Å². The van der Waals surface area contributed by atoms with Gasteiger partial charge in [0.2, 0.25) is 0 Å². The third kappa shape index (κ3) is 4.78. The maximum Gasteiger partial charge on any atom is 0.0485 e. The Kier molecular flexibility index (Phi) is 11.0. The van der Waals surface area contributed by atoms with Crippen molar-refractivity contribution in [3.8, 4) is 0 Å². The molecule has 58 valence electrons. The molecule has 1 rings (SSSR count). The van der Waals surface area contributed by atoms with Crippen molar-refractivity contribution in [1.82, 2.24) is 0 Å². The van der Waals surface area contributed by atoms with Crippen molar-refractivity contribution in [1.29, 1.82) is 0 Å². The molecular weight excluding hydrogens is 249 g/mol. The molecule has 0 saturated carbocycles. The number of halogens is 1. The summed E-state index contributed by atoms with van der Waals surface area (Å²) in [5.41, 5.74) is 0. The first-order chi connectivity index (χ1) is 3.93. The van der Waals surface area contributed by atoms with Gasteiger partial charge in [-0.2, -0.15) is 6.92 Å². The maximum atomic E-state index is 5.15. The minimum absolute atomic E-state index is 0. The first-order valence-corrected chi connectivity index (χ1v) is 2.96. The van der Waals surface area contributed by atoms with Gasteiger partial charge < -0.3 is 9.47 Å². The molecule has 4 heteroatoms. The Morgan fingerprint density at radius 3 is 2.10 bits per heavy atom. The Hall–Kier alpha value is 1.02. The molecular formula is C6H12BrO2Zn-. The van der Waals surface area contributed by atoms with Crippen LogP contribution in [-0.4, -0.2) is 19.5 Å². The van der Waals surface area contributed by atoms with Crippen LogP contribution >= 0.6 is 17.0 Å². The van der Waals surface area contributed by atoms with Crippen molar-refractivity contribution in [2.45, 2.75) is 19.6 Å². The van der Waals surface area contributed by atoms with Crippen LogP contribution in [0.4, 0.5) is 0 Å². The van der Waals surface area contributed by atoms with E-state index < -0.39 is 0 Å². The molecule has 0 aromatic rings. The van der Waals surface area contributed by atoms with Crippen molar-refractivity contribution >= 4 is 17.0 Å². The first kappa shape index (κ1) is 13.6. The van der Waals surface area contributed by atoms with E-state index in [4.69, 9.17) is 9.47 Å². The topological polar surface area (TPSA) is 18.5 Å². The largest absolute Gasteiger partial charge is 0.383 e. The van der Waals surface area contributed by atoms with Crippen LogP contribution in [0.2, 0.25) is 0 Å². The molecule has 1 heterocycles. The average Bonchev–Trinajstić information content (AvgIpc) is 1.90. The van der Waals surface area contributed by atoms with E-state index in [2.05, 4.69) is 0 Å². The summed E-state index contributed by atoms with van der Waals surface area (Å²) in [6, 6.07) is 0. The van der Waals surface area contributed by atoms with E-state index in [1.54, 1.807) is 0 Å². The van der Waals surface area contributed by atoms with Crippen LogP contribution in [0.5, 0.6) is 0 Å². The third-order valence-electron chi connectivity index (χ3n) is 1.13. The summed E-state index contributed by atoms with van der Waals surface area (Å²) in [7, 11) is 0. The van der Waals surface area contributed by atoms with Crippen LogP contribution in [0.3, 0.4) is 0 Å². The van der Waals surface area contributed by atoms with Gasteiger partial charge in [0.15, 0.2) is 0 Å². The van der Waals surface area contributed by atoms with Gasteiger partial charge >= 0.3 is 0 Å². The predicted molar refractivity (Wildman–Crippen MR) is 40.6 cm³/mol. The van der Waals surface area contributed by atoms with E-state index in [1.165, 1.54) is 0 Å². The van der Waals surface area contributed by atoms with Gasteiger partial charge in [-0.3, -0.25) is 6.42 Å². The SMILES string of the molecule is Br.C[CH-]C1OCCCO1.[Zn]. The Labute approximate surface area is 85.2 Å². The summed E-state index contributed by atoms with van der Waals surface area (Å²) in [5.74, 6) is 0. The van der Waals surface area contributed by atoms with Gasteiger partial charge in [-0.15, -0.1) is 17.0 Å². The monoisotopic (exact) mass is 259 g/mol. The predicted octanol–water partition coefficient (Wildman–Crippen LogP) is 1.55. The second-order valence-electron chi connectivity index (χ2n) is 1.80. The molecule has 1 aliphatic rings. The fourth-order valence-electron chi connectivity index (χ4n) is 0.698. The zero-order chi connectivity index (χ0) is 5.82. The van der Waals surface area contributed by atoms with Crippen LogP contribution in [-0.2, 0) is 29.0 Å². The van der Waals surface area contributed by atoms with E-state index in [-0.39, 0.29) is 42.7 Å². The number of hydrogen-bond donors (Lipinski definition) is 0. The zero-order valence-electron chi connectivity index (χ0n) is 6.21. The van der Waals surface area contributed by atoms with Gasteiger partial charge in [0.05, 0.1) is 0 Å². The average molecular weight is 261 g/mol. The quantitative estimate of drug-likeness (QED) is 0.527. The standard InChI is InChI=1S/C6H11O2.BrH.Zn/c1-2-6-7-4-3-5-8-6;;/h2,6H,3-5H2,1H3;1H;/q-1;;. The summed E-state index contributed by atoms with van der Waals surface area (Å²) in [6.45, 7) is 3.62. The summed E-state index contributed by atoms with van der Waals surface area (Å²) in [5, 5.41) is 0. The number of ether oxygens (including phenoxy) is 2. The molecule has 0 spiro atoms. The van der Waals surface area contributed by atoms with E-state index >= 15 is 0 Å². The molecule has 1 saturated heterocycles. The molecule has 0 amide bonds. The first-order valence-electron chi connectivity index (χ1n) is 2.96. The van der Waals surface area contributed by atoms with E-state index in [9.17, 15) is 0 Å². The molecule has 0 radical (unpaired) electrons. The second-order valence-corrected chi connectivity index (χ2v) is 1.80. The van der Waals surface area contributed by atoms with Crippen molar-refractivity contribution in [2.75, 3.05) is 13.2 Å². The van der Waals surface area contributed by atoms with Gasteiger partial charge in [0.25, 0.3) is 0 Å². The molecule has 1 fully saturated rings. The second kappa shape index (κ2) is 8.12. The maximum absolute atomic E-state index is 5.15. The molecule has 0 atom stereocenters. The summed E-state index contributed by atoms with van der Waals surface area (Å²) < 4.78 is 10.3. The minimum Gasteiger partial charge on any atom is -0.383 e. The van der Waals surface area contributed by atoms with Crippen LogP contribution < -0.4 is 0 Å². The van der Waals surface area contributed by atoms with Gasteiger partial charge in [-0.1, -0.05) is 0 Å². The molecule has 1 aliphatic heterocycles. The number of hydrogen-bond acceptors (Lipinski definition) is 2. The normalized spacial score (nSPS) is 18.9. The summed E-state index contributed by atoms with van der Waals surface area (Å²) >= 11 is 0.